The molecule has 3 aromatic rings. The average Bonchev–Trinajstić information content (AvgIpc) is 3.17. The number of para-hydroxylation sites is 1. The number of halogens is 2. The molecular formula is C28H24Cl2N2O6S2. The molecule has 0 spiro atoms. The van der Waals surface area contributed by atoms with Crippen LogP contribution < -0.4 is 10.1 Å². The highest BCUT2D eigenvalue weighted by atomic mass is 35.5. The van der Waals surface area contributed by atoms with E-state index in [0.29, 0.717) is 33.4 Å². The van der Waals surface area contributed by atoms with Gasteiger partial charge in [-0.15, -0.1) is 12.4 Å². The summed E-state index contributed by atoms with van der Waals surface area (Å²) in [5, 5.41) is 12.5. The molecule has 8 nitrogen and oxygen atoms in total. The summed E-state index contributed by atoms with van der Waals surface area (Å²) in [6.45, 7) is -0.485. The molecule has 0 radical (unpaired) electrons. The molecule has 0 aromatic heterocycles. The SMILES string of the molecule is COC(=O)[C@H](Cc1ccc(Oc2ccc(/C=C3\SC(=S)N(CC(=O)O)C3=O)cc2Cl)cc1)Nc1ccccc1.Cl. The average molecular weight is 620 g/mol. The molecule has 40 heavy (non-hydrogen) atoms. The van der Waals surface area contributed by atoms with Crippen molar-refractivity contribution in [3.8, 4) is 11.5 Å². The number of carboxylic acid groups (broad SMARTS) is 1. The topological polar surface area (TPSA) is 105 Å². The number of aliphatic carboxylic acids is 1. The molecule has 0 unspecified atom stereocenters. The van der Waals surface area contributed by atoms with E-state index in [0.717, 1.165) is 27.9 Å². The van der Waals surface area contributed by atoms with Crippen molar-refractivity contribution in [2.24, 2.45) is 0 Å². The zero-order valence-corrected chi connectivity index (χ0v) is 24.2. The van der Waals surface area contributed by atoms with E-state index in [9.17, 15) is 14.4 Å². The molecule has 0 bridgehead atoms. The number of thiocarbonyl (C=S) groups is 1. The van der Waals surface area contributed by atoms with Crippen LogP contribution >= 0.6 is 48.0 Å². The zero-order valence-electron chi connectivity index (χ0n) is 21.0. The van der Waals surface area contributed by atoms with E-state index in [4.69, 9.17) is 38.4 Å². The fourth-order valence-corrected chi connectivity index (χ4v) is 5.22. The molecule has 1 saturated heterocycles. The largest absolute Gasteiger partial charge is 0.480 e. The first-order valence-electron chi connectivity index (χ1n) is 11.7. The summed E-state index contributed by atoms with van der Waals surface area (Å²) in [7, 11) is 1.36. The van der Waals surface area contributed by atoms with E-state index >= 15 is 0 Å². The van der Waals surface area contributed by atoms with Crippen molar-refractivity contribution in [3.63, 3.8) is 0 Å². The van der Waals surface area contributed by atoms with E-state index in [1.165, 1.54) is 7.11 Å². The van der Waals surface area contributed by atoms with E-state index in [1.807, 2.05) is 42.5 Å². The van der Waals surface area contributed by atoms with Gasteiger partial charge in [0, 0.05) is 12.1 Å². The Hall–Kier alpha value is -3.57. The molecule has 0 aliphatic carbocycles. The van der Waals surface area contributed by atoms with Gasteiger partial charge >= 0.3 is 11.9 Å². The lowest BCUT2D eigenvalue weighted by Gasteiger charge is -2.18. The molecule has 3 aromatic carbocycles. The Bertz CT molecular complexity index is 1430. The van der Waals surface area contributed by atoms with Crippen LogP contribution in [0.25, 0.3) is 6.08 Å². The van der Waals surface area contributed by atoms with Crippen molar-refractivity contribution in [2.75, 3.05) is 19.0 Å². The van der Waals surface area contributed by atoms with E-state index < -0.39 is 24.5 Å². The van der Waals surface area contributed by atoms with Gasteiger partial charge in [-0.05, 0) is 53.6 Å². The van der Waals surface area contributed by atoms with Crippen LogP contribution in [0, 0.1) is 0 Å². The number of anilines is 1. The second kappa shape index (κ2) is 14.2. The minimum atomic E-state index is -1.14. The maximum absolute atomic E-state index is 12.5. The normalized spacial score (nSPS) is 14.4. The maximum atomic E-state index is 12.5. The fourth-order valence-electron chi connectivity index (χ4n) is 3.74. The monoisotopic (exact) mass is 618 g/mol. The number of carbonyl (C=O) groups is 3. The Morgan fingerprint density at radius 2 is 1.82 bits per heavy atom. The Morgan fingerprint density at radius 1 is 1.12 bits per heavy atom. The van der Waals surface area contributed by atoms with Gasteiger partial charge in [0.25, 0.3) is 5.91 Å². The van der Waals surface area contributed by atoms with E-state index in [2.05, 4.69) is 5.32 Å². The Labute approximate surface area is 251 Å². The number of hydrogen-bond donors (Lipinski definition) is 2. The number of carbonyl (C=O) groups excluding carboxylic acids is 2. The van der Waals surface area contributed by atoms with Gasteiger partial charge in [0.2, 0.25) is 0 Å². The number of hydrogen-bond acceptors (Lipinski definition) is 8. The molecule has 0 saturated carbocycles. The van der Waals surface area contributed by atoms with Crippen molar-refractivity contribution in [2.45, 2.75) is 12.5 Å². The van der Waals surface area contributed by atoms with Crippen LogP contribution in [0.3, 0.4) is 0 Å². The molecule has 4 rings (SSSR count). The third-order valence-electron chi connectivity index (χ3n) is 5.61. The van der Waals surface area contributed by atoms with Gasteiger partial charge in [0.1, 0.15) is 28.4 Å². The summed E-state index contributed by atoms with van der Waals surface area (Å²) < 4.78 is 11.1. The van der Waals surface area contributed by atoms with Gasteiger partial charge < -0.3 is 19.9 Å². The smallest absolute Gasteiger partial charge is 0.328 e. The van der Waals surface area contributed by atoms with Gasteiger partial charge in [-0.25, -0.2) is 4.79 Å². The minimum absolute atomic E-state index is 0. The summed E-state index contributed by atoms with van der Waals surface area (Å²) in [5.41, 5.74) is 2.36. The second-order valence-corrected chi connectivity index (χ2v) is 10.5. The number of rotatable bonds is 10. The Kier molecular flexibility index (Phi) is 11.0. The highest BCUT2D eigenvalue weighted by Crippen LogP contribution is 2.35. The number of carboxylic acids is 1. The molecule has 1 amide bonds. The van der Waals surface area contributed by atoms with Gasteiger partial charge in [0.05, 0.1) is 17.0 Å². The van der Waals surface area contributed by atoms with Crippen molar-refractivity contribution in [1.29, 1.82) is 0 Å². The number of esters is 1. The summed E-state index contributed by atoms with van der Waals surface area (Å²) in [6, 6.07) is 21.2. The van der Waals surface area contributed by atoms with Crippen molar-refractivity contribution in [1.82, 2.24) is 4.90 Å². The first-order valence-corrected chi connectivity index (χ1v) is 13.3. The number of methoxy groups -OCH3 is 1. The quantitative estimate of drug-likeness (QED) is 0.160. The van der Waals surface area contributed by atoms with E-state index in [1.54, 1.807) is 36.4 Å². The predicted octanol–water partition coefficient (Wildman–Crippen LogP) is 6.04. The van der Waals surface area contributed by atoms with Crippen molar-refractivity contribution >= 4 is 81.9 Å². The van der Waals surface area contributed by atoms with Crippen LogP contribution in [0.4, 0.5) is 5.69 Å². The van der Waals surface area contributed by atoms with Crippen LogP contribution in [0.2, 0.25) is 5.02 Å². The summed E-state index contributed by atoms with van der Waals surface area (Å²) in [6.07, 6.45) is 2.02. The molecule has 1 atom stereocenters. The van der Waals surface area contributed by atoms with Crippen molar-refractivity contribution in [3.05, 3.63) is 93.9 Å². The molecule has 1 fully saturated rings. The zero-order chi connectivity index (χ0) is 27.9. The lowest BCUT2D eigenvalue weighted by atomic mass is 10.1. The molecule has 2 N–H and O–H groups in total. The predicted molar refractivity (Wildman–Crippen MR) is 162 cm³/mol. The van der Waals surface area contributed by atoms with Crippen LogP contribution in [0.15, 0.2) is 77.7 Å². The highest BCUT2D eigenvalue weighted by Gasteiger charge is 2.33. The minimum Gasteiger partial charge on any atom is -0.480 e. The number of thioether (sulfide) groups is 1. The molecule has 208 valence electrons. The fraction of sp³-hybridized carbons (Fsp3) is 0.143. The summed E-state index contributed by atoms with van der Waals surface area (Å²) in [5.74, 6) is -1.00. The molecule has 1 aliphatic heterocycles. The third-order valence-corrected chi connectivity index (χ3v) is 7.29. The standard InChI is InChI=1S/C28H23ClN2O6S2.ClH/c1-36-27(35)22(30-19-5-3-2-4-6-19)14-17-7-10-20(11-8-17)37-23-12-9-18(13-21(23)29)15-24-26(34)31(16-25(32)33)28(38)39-24;/h2-13,15,22,30H,14,16H2,1H3,(H,32,33);1H/b24-15-;/t22-;/m0./s1. The molecule has 12 heteroatoms. The number of benzene rings is 3. The Balaban J connectivity index is 0.00000441. The van der Waals surface area contributed by atoms with Crippen LogP contribution in [-0.4, -0.2) is 51.9 Å². The van der Waals surface area contributed by atoms with Gasteiger partial charge in [-0.1, -0.05) is 72.0 Å². The van der Waals surface area contributed by atoms with E-state index in [-0.39, 0.29) is 22.7 Å². The third kappa shape index (κ3) is 7.98. The highest BCUT2D eigenvalue weighted by molar-refractivity contribution is 8.26. The molecule has 1 heterocycles. The summed E-state index contributed by atoms with van der Waals surface area (Å²) in [4.78, 5) is 37.1. The second-order valence-electron chi connectivity index (χ2n) is 8.39. The number of ether oxygens (including phenoxy) is 2. The lowest BCUT2D eigenvalue weighted by molar-refractivity contribution is -0.141. The van der Waals surface area contributed by atoms with Crippen LogP contribution in [0.5, 0.6) is 11.5 Å². The number of nitrogens with zero attached hydrogens (tertiary/aromatic N) is 1. The van der Waals surface area contributed by atoms with Crippen molar-refractivity contribution < 1.29 is 29.0 Å². The Morgan fingerprint density at radius 3 is 2.45 bits per heavy atom. The first-order chi connectivity index (χ1) is 18.7. The molecular weight excluding hydrogens is 595 g/mol. The lowest BCUT2D eigenvalue weighted by Crippen LogP contribution is -2.33. The van der Waals surface area contributed by atoms with Crippen LogP contribution in [-0.2, 0) is 25.5 Å². The first kappa shape index (κ1) is 31.0. The van der Waals surface area contributed by atoms with Gasteiger partial charge in [-0.2, -0.15) is 0 Å². The summed E-state index contributed by atoms with van der Waals surface area (Å²) >= 11 is 12.6. The van der Waals surface area contributed by atoms with Gasteiger partial charge in [-0.3, -0.25) is 14.5 Å². The number of amides is 1. The maximum Gasteiger partial charge on any atom is 0.328 e. The van der Waals surface area contributed by atoms with Gasteiger partial charge in [0.15, 0.2) is 0 Å². The van der Waals surface area contributed by atoms with Crippen LogP contribution in [0.1, 0.15) is 11.1 Å². The number of nitrogens with one attached hydrogen (secondary N) is 1. The molecule has 1 aliphatic rings.